The maximum absolute atomic E-state index is 12.5. The second-order valence-corrected chi connectivity index (χ2v) is 8.55. The molecule has 1 N–H and O–H groups in total. The molecule has 5 nitrogen and oxygen atoms in total. The van der Waals surface area contributed by atoms with Gasteiger partial charge in [-0.05, 0) is 67.6 Å². The van der Waals surface area contributed by atoms with Crippen molar-refractivity contribution in [1.29, 1.82) is 0 Å². The summed E-state index contributed by atoms with van der Waals surface area (Å²) in [6, 6.07) is 12.6. The SMILES string of the molecule is Cc1cn(/C=C/C(=O)NCCCCN2CCc3ccc(OC(F)(F)F)cc3C2)c2ccccc12. The van der Waals surface area contributed by atoms with Gasteiger partial charge in [0.05, 0.1) is 5.52 Å². The molecule has 0 aliphatic carbocycles. The van der Waals surface area contributed by atoms with E-state index in [-0.39, 0.29) is 11.7 Å². The summed E-state index contributed by atoms with van der Waals surface area (Å²) in [6.45, 7) is 4.91. The van der Waals surface area contributed by atoms with E-state index in [1.165, 1.54) is 18.2 Å². The number of nitrogens with zero attached hydrogens (tertiary/aromatic N) is 2. The number of aromatic nitrogens is 1. The van der Waals surface area contributed by atoms with E-state index in [1.54, 1.807) is 12.3 Å². The first-order valence-electron chi connectivity index (χ1n) is 11.4. The normalized spacial score (nSPS) is 14.5. The number of unbranched alkanes of at least 4 members (excludes halogenated alkanes) is 1. The molecule has 3 aromatic rings. The van der Waals surface area contributed by atoms with Crippen LogP contribution in [0.15, 0.2) is 54.7 Å². The van der Waals surface area contributed by atoms with Crippen molar-refractivity contribution in [2.75, 3.05) is 19.6 Å². The summed E-state index contributed by atoms with van der Waals surface area (Å²) in [4.78, 5) is 14.4. The molecule has 4 rings (SSSR count). The average molecular weight is 472 g/mol. The van der Waals surface area contributed by atoms with Crippen molar-refractivity contribution < 1.29 is 22.7 Å². The predicted molar refractivity (Wildman–Crippen MR) is 126 cm³/mol. The molecule has 0 spiro atoms. The highest BCUT2D eigenvalue weighted by Gasteiger charge is 2.31. The summed E-state index contributed by atoms with van der Waals surface area (Å²) in [6.07, 6.45) is 3.14. The van der Waals surface area contributed by atoms with E-state index in [1.807, 2.05) is 35.9 Å². The summed E-state index contributed by atoms with van der Waals surface area (Å²) in [5.74, 6) is -0.313. The van der Waals surface area contributed by atoms with Crippen molar-refractivity contribution in [3.8, 4) is 5.75 Å². The van der Waals surface area contributed by atoms with Gasteiger partial charge in [-0.25, -0.2) is 0 Å². The van der Waals surface area contributed by atoms with Crippen LogP contribution in [0.3, 0.4) is 0 Å². The van der Waals surface area contributed by atoms with Crippen molar-refractivity contribution in [3.05, 3.63) is 71.4 Å². The number of para-hydroxylation sites is 1. The number of amides is 1. The number of carbonyl (C=O) groups excluding carboxylic acids is 1. The molecule has 0 unspecified atom stereocenters. The molecule has 2 heterocycles. The van der Waals surface area contributed by atoms with Gasteiger partial charge in [-0.3, -0.25) is 9.69 Å². The fraction of sp³-hybridized carbons (Fsp3) is 0.346. The summed E-state index contributed by atoms with van der Waals surface area (Å²) in [7, 11) is 0. The molecule has 0 bridgehead atoms. The molecule has 1 amide bonds. The van der Waals surface area contributed by atoms with E-state index in [0.717, 1.165) is 59.9 Å². The first-order valence-corrected chi connectivity index (χ1v) is 11.4. The Morgan fingerprint density at radius 1 is 1.15 bits per heavy atom. The van der Waals surface area contributed by atoms with Gasteiger partial charge in [0.2, 0.25) is 5.91 Å². The average Bonchev–Trinajstić information content (AvgIpc) is 3.12. The number of ether oxygens (including phenoxy) is 1. The number of alkyl halides is 3. The molecule has 0 saturated carbocycles. The van der Waals surface area contributed by atoms with Gasteiger partial charge in [-0.2, -0.15) is 0 Å². The van der Waals surface area contributed by atoms with E-state index in [4.69, 9.17) is 0 Å². The molecule has 0 fully saturated rings. The number of aryl methyl sites for hydroxylation is 1. The number of carbonyl (C=O) groups is 1. The third-order valence-corrected chi connectivity index (χ3v) is 6.03. The summed E-state index contributed by atoms with van der Waals surface area (Å²) >= 11 is 0. The minimum atomic E-state index is -4.68. The number of hydrogen-bond acceptors (Lipinski definition) is 3. The Bertz CT molecular complexity index is 1180. The maximum Gasteiger partial charge on any atom is 0.573 e. The minimum absolute atomic E-state index is 0.139. The Kier molecular flexibility index (Phi) is 7.26. The number of fused-ring (bicyclic) bond motifs is 2. The molecule has 180 valence electrons. The van der Waals surface area contributed by atoms with Crippen LogP contribution in [0.1, 0.15) is 29.5 Å². The largest absolute Gasteiger partial charge is 0.573 e. The second kappa shape index (κ2) is 10.3. The van der Waals surface area contributed by atoms with Gasteiger partial charge in [0.15, 0.2) is 0 Å². The zero-order valence-corrected chi connectivity index (χ0v) is 19.1. The van der Waals surface area contributed by atoms with Crippen molar-refractivity contribution in [2.24, 2.45) is 0 Å². The molecule has 1 aliphatic rings. The van der Waals surface area contributed by atoms with Crippen LogP contribution in [-0.2, 0) is 17.8 Å². The lowest BCUT2D eigenvalue weighted by Gasteiger charge is -2.29. The van der Waals surface area contributed by atoms with E-state index in [2.05, 4.69) is 21.0 Å². The monoisotopic (exact) mass is 471 g/mol. The van der Waals surface area contributed by atoms with Crippen LogP contribution in [0.2, 0.25) is 0 Å². The van der Waals surface area contributed by atoms with Crippen LogP contribution in [0, 0.1) is 6.92 Å². The van der Waals surface area contributed by atoms with Crippen LogP contribution < -0.4 is 10.1 Å². The van der Waals surface area contributed by atoms with Gasteiger partial charge < -0.3 is 14.6 Å². The second-order valence-electron chi connectivity index (χ2n) is 8.55. The Labute approximate surface area is 196 Å². The summed E-state index contributed by atoms with van der Waals surface area (Å²) in [5.41, 5.74) is 4.16. The van der Waals surface area contributed by atoms with Gasteiger partial charge in [0.1, 0.15) is 5.75 Å². The molecule has 8 heteroatoms. The molecule has 0 radical (unpaired) electrons. The molecule has 34 heavy (non-hydrogen) atoms. The number of nitrogens with one attached hydrogen (secondary N) is 1. The third-order valence-electron chi connectivity index (χ3n) is 6.03. The van der Waals surface area contributed by atoms with Gasteiger partial charge in [-0.15, -0.1) is 13.2 Å². The maximum atomic E-state index is 12.5. The molecule has 0 atom stereocenters. The zero-order chi connectivity index (χ0) is 24.1. The van der Waals surface area contributed by atoms with E-state index < -0.39 is 6.36 Å². The quantitative estimate of drug-likeness (QED) is 0.360. The predicted octanol–water partition coefficient (Wildman–Crippen LogP) is 5.27. The smallest absolute Gasteiger partial charge is 0.406 e. The molecule has 1 aromatic heterocycles. The Morgan fingerprint density at radius 3 is 2.79 bits per heavy atom. The fourth-order valence-corrected chi connectivity index (χ4v) is 4.36. The number of halogens is 3. The number of benzene rings is 2. The lowest BCUT2D eigenvalue weighted by Crippen LogP contribution is -2.32. The van der Waals surface area contributed by atoms with E-state index in [9.17, 15) is 18.0 Å². The lowest BCUT2D eigenvalue weighted by molar-refractivity contribution is -0.274. The van der Waals surface area contributed by atoms with Crippen LogP contribution in [0.25, 0.3) is 17.1 Å². The number of hydrogen-bond donors (Lipinski definition) is 1. The standard InChI is InChI=1S/C26H28F3N3O2/c1-19-17-32(24-7-3-2-6-23(19)24)15-11-25(33)30-12-4-5-13-31-14-10-20-8-9-22(16-21(20)18-31)34-26(27,28)29/h2-3,6-9,11,15-17H,4-5,10,12-14,18H2,1H3,(H,30,33)/b15-11+. The first-order chi connectivity index (χ1) is 16.3. The summed E-state index contributed by atoms with van der Waals surface area (Å²) in [5, 5.41) is 4.07. The zero-order valence-electron chi connectivity index (χ0n) is 19.1. The lowest BCUT2D eigenvalue weighted by atomic mass is 9.99. The molecule has 2 aromatic carbocycles. The highest BCUT2D eigenvalue weighted by atomic mass is 19.4. The van der Waals surface area contributed by atoms with Crippen molar-refractivity contribution in [1.82, 2.24) is 14.8 Å². The first kappa shape index (κ1) is 23.9. The Balaban J connectivity index is 1.19. The van der Waals surface area contributed by atoms with Gasteiger partial charge in [0.25, 0.3) is 0 Å². The number of rotatable bonds is 8. The highest BCUT2D eigenvalue weighted by Crippen LogP contribution is 2.28. The van der Waals surface area contributed by atoms with Gasteiger partial charge in [-0.1, -0.05) is 24.3 Å². The summed E-state index contributed by atoms with van der Waals surface area (Å²) < 4.78 is 43.4. The van der Waals surface area contributed by atoms with E-state index in [0.29, 0.717) is 13.1 Å². The van der Waals surface area contributed by atoms with Gasteiger partial charge >= 0.3 is 6.36 Å². The van der Waals surface area contributed by atoms with Gasteiger partial charge in [0, 0.05) is 43.5 Å². The van der Waals surface area contributed by atoms with Crippen molar-refractivity contribution >= 4 is 23.0 Å². The van der Waals surface area contributed by atoms with Crippen LogP contribution in [0.4, 0.5) is 13.2 Å². The topological polar surface area (TPSA) is 46.5 Å². The fourth-order valence-electron chi connectivity index (χ4n) is 4.36. The molecular weight excluding hydrogens is 443 g/mol. The van der Waals surface area contributed by atoms with Crippen LogP contribution in [-0.4, -0.2) is 41.4 Å². The minimum Gasteiger partial charge on any atom is -0.406 e. The van der Waals surface area contributed by atoms with Crippen molar-refractivity contribution in [3.63, 3.8) is 0 Å². The van der Waals surface area contributed by atoms with E-state index >= 15 is 0 Å². The molecular formula is C26H28F3N3O2. The Hall–Kier alpha value is -3.26. The van der Waals surface area contributed by atoms with Crippen molar-refractivity contribution in [2.45, 2.75) is 39.1 Å². The highest BCUT2D eigenvalue weighted by molar-refractivity contribution is 5.92. The third kappa shape index (κ3) is 6.20. The Morgan fingerprint density at radius 2 is 1.97 bits per heavy atom. The molecule has 0 saturated heterocycles. The molecule has 1 aliphatic heterocycles. The van der Waals surface area contributed by atoms with Crippen LogP contribution >= 0.6 is 0 Å². The van der Waals surface area contributed by atoms with Crippen LogP contribution in [0.5, 0.6) is 5.75 Å².